The second-order valence-corrected chi connectivity index (χ2v) is 17.1. The average molecular weight is 1000 g/mol. The topological polar surface area (TPSA) is 38.7 Å². The van der Waals surface area contributed by atoms with Crippen LogP contribution >= 0.6 is 0 Å². The molecule has 1 spiro atoms. The van der Waals surface area contributed by atoms with Crippen molar-refractivity contribution in [3.63, 3.8) is 0 Å². The molecule has 2 heterocycles. The van der Waals surface area contributed by atoms with E-state index in [1.807, 2.05) is 42.6 Å². The van der Waals surface area contributed by atoms with Gasteiger partial charge in [-0.05, 0) is 93.6 Å². The van der Waals surface area contributed by atoms with Gasteiger partial charge in [0, 0.05) is 43.0 Å². The van der Waals surface area contributed by atoms with Gasteiger partial charge in [-0.3, -0.25) is 0 Å². The van der Waals surface area contributed by atoms with Crippen molar-refractivity contribution in [1.82, 2.24) is 15.0 Å². The third-order valence-corrected chi connectivity index (χ3v) is 13.2. The molecule has 0 bridgehead atoms. The molecule has 1 radical (unpaired) electrons. The predicted octanol–water partition coefficient (Wildman–Crippen LogP) is 15.0. The van der Waals surface area contributed by atoms with E-state index < -0.39 is 5.41 Å². The number of hydrogen-bond acceptors (Lipinski definition) is 3. The molecule has 0 amide bonds. The summed E-state index contributed by atoms with van der Waals surface area (Å²) in [5, 5.41) is 0. The number of aromatic nitrogens is 3. The van der Waals surface area contributed by atoms with Gasteiger partial charge in [-0.25, -0.2) is 9.97 Å². The number of hydrogen-bond donors (Lipinski definition) is 0. The SMILES string of the molecule is CCCCc1cc(CCCC)cc(-c2ccc3c(c2)C2(c4ccccc4-c4ccccc42)c2cc(-c4ccc(-c5nc(-c6ccccc6)cc(-c6ccccc6)n5)cn4)[c-]cc2-3)c1.[Ir]. The first-order valence-corrected chi connectivity index (χ1v) is 22.6. The first-order valence-electron chi connectivity index (χ1n) is 22.6. The van der Waals surface area contributed by atoms with Gasteiger partial charge in [-0.2, -0.15) is 0 Å². The number of rotatable bonds is 11. The molecule has 2 aliphatic carbocycles. The van der Waals surface area contributed by atoms with E-state index in [2.05, 4.69) is 159 Å². The van der Waals surface area contributed by atoms with Crippen molar-refractivity contribution in [2.75, 3.05) is 0 Å². The molecule has 313 valence electrons. The molecule has 64 heavy (non-hydrogen) atoms. The molecule has 9 aromatic rings. The van der Waals surface area contributed by atoms with E-state index in [9.17, 15) is 0 Å². The monoisotopic (exact) mass is 1000 g/mol. The van der Waals surface area contributed by atoms with Crippen molar-refractivity contribution in [3.05, 3.63) is 222 Å². The summed E-state index contributed by atoms with van der Waals surface area (Å²) < 4.78 is 0. The molecule has 3 nitrogen and oxygen atoms in total. The summed E-state index contributed by atoms with van der Waals surface area (Å²) in [7, 11) is 0. The number of unbranched alkanes of at least 4 members (excludes halogenated alkanes) is 2. The largest absolute Gasteiger partial charge is 0.304 e. The Morgan fingerprint density at radius 3 is 1.56 bits per heavy atom. The Kier molecular flexibility index (Phi) is 11.3. The zero-order chi connectivity index (χ0) is 42.3. The number of pyridine rings is 1. The van der Waals surface area contributed by atoms with Gasteiger partial charge >= 0.3 is 0 Å². The molecule has 0 aliphatic heterocycles. The van der Waals surface area contributed by atoms with Gasteiger partial charge in [-0.15, -0.1) is 29.3 Å². The van der Waals surface area contributed by atoms with E-state index in [1.54, 1.807) is 0 Å². The third-order valence-electron chi connectivity index (χ3n) is 13.2. The Morgan fingerprint density at radius 1 is 0.438 bits per heavy atom. The summed E-state index contributed by atoms with van der Waals surface area (Å²) in [6.45, 7) is 4.57. The number of fused-ring (bicyclic) bond motifs is 10. The van der Waals surface area contributed by atoms with Gasteiger partial charge in [0.2, 0.25) is 0 Å². The smallest absolute Gasteiger partial charge is 0.161 e. The Hall–Kier alpha value is -6.58. The van der Waals surface area contributed by atoms with E-state index in [4.69, 9.17) is 15.0 Å². The summed E-state index contributed by atoms with van der Waals surface area (Å²) in [5.74, 6) is 0.643. The summed E-state index contributed by atoms with van der Waals surface area (Å²) in [5.41, 5.74) is 21.9. The number of nitrogens with zero attached hydrogens (tertiary/aromatic N) is 3. The summed E-state index contributed by atoms with van der Waals surface area (Å²) in [6, 6.07) is 67.8. The maximum absolute atomic E-state index is 5.11. The van der Waals surface area contributed by atoms with Crippen molar-refractivity contribution in [2.45, 2.75) is 57.8 Å². The van der Waals surface area contributed by atoms with Crippen LogP contribution in [0, 0.1) is 6.07 Å². The van der Waals surface area contributed by atoms with Gasteiger partial charge in [0.25, 0.3) is 0 Å². The predicted molar refractivity (Wildman–Crippen MR) is 259 cm³/mol. The molecule has 0 unspecified atom stereocenters. The molecule has 0 saturated carbocycles. The molecule has 0 saturated heterocycles. The number of benzene rings is 7. The molecule has 2 aromatic heterocycles. The summed E-state index contributed by atoms with van der Waals surface area (Å²) in [4.78, 5) is 15.2. The van der Waals surface area contributed by atoms with Crippen LogP contribution in [0.1, 0.15) is 72.9 Å². The van der Waals surface area contributed by atoms with Crippen LogP contribution in [0.25, 0.3) is 78.5 Å². The van der Waals surface area contributed by atoms with E-state index in [1.165, 1.54) is 92.4 Å². The first-order chi connectivity index (χ1) is 31.1. The zero-order valence-electron chi connectivity index (χ0n) is 36.2. The van der Waals surface area contributed by atoms with Crippen molar-refractivity contribution in [2.24, 2.45) is 0 Å². The van der Waals surface area contributed by atoms with Crippen LogP contribution in [-0.2, 0) is 38.4 Å². The van der Waals surface area contributed by atoms with Crippen LogP contribution in [0.3, 0.4) is 0 Å². The van der Waals surface area contributed by atoms with Gasteiger partial charge in [-0.1, -0.05) is 189 Å². The van der Waals surface area contributed by atoms with Gasteiger partial charge in [0.1, 0.15) is 0 Å². The van der Waals surface area contributed by atoms with Crippen molar-refractivity contribution < 1.29 is 20.1 Å². The van der Waals surface area contributed by atoms with E-state index in [0.717, 1.165) is 52.2 Å². The van der Waals surface area contributed by atoms with E-state index in [0.29, 0.717) is 5.82 Å². The fourth-order valence-electron chi connectivity index (χ4n) is 10.2. The standard InChI is InChI=1S/C60H48N3.Ir/c1-3-5-17-40-33-41(18-6-4-2)35-47(34-40)44-27-30-50-51-31-28-45(37-55(51)60(54(50)36-44)52-25-15-13-23-48(52)49-24-14-16-26-53(49)60)56-32-29-46(39-61-56)59-62-57(42-19-9-7-10-20-42)38-58(63-59)43-21-11-8-12-22-43;/h7-16,19-27,29-39H,3-6,17-18H2,1-2H3;/q-1;. The summed E-state index contributed by atoms with van der Waals surface area (Å²) in [6.07, 6.45) is 8.92. The van der Waals surface area contributed by atoms with E-state index >= 15 is 0 Å². The molecule has 4 heteroatoms. The molecular weight excluding hydrogens is 955 g/mol. The molecule has 0 N–H and O–H groups in total. The fraction of sp³-hybridized carbons (Fsp3) is 0.150. The minimum Gasteiger partial charge on any atom is -0.304 e. The maximum Gasteiger partial charge on any atom is 0.161 e. The third kappa shape index (κ3) is 7.16. The maximum atomic E-state index is 5.11. The molecular formula is C60H48IrN3-. The van der Waals surface area contributed by atoms with Gasteiger partial charge < -0.3 is 4.98 Å². The average Bonchev–Trinajstić information content (AvgIpc) is 3.82. The van der Waals surface area contributed by atoms with Crippen LogP contribution < -0.4 is 0 Å². The molecule has 7 aromatic carbocycles. The minimum atomic E-state index is -0.498. The van der Waals surface area contributed by atoms with Crippen LogP contribution in [0.5, 0.6) is 0 Å². The fourth-order valence-corrected chi connectivity index (χ4v) is 10.2. The van der Waals surface area contributed by atoms with Gasteiger partial charge in [0.05, 0.1) is 16.8 Å². The van der Waals surface area contributed by atoms with Crippen LogP contribution in [-0.4, -0.2) is 15.0 Å². The molecule has 11 rings (SSSR count). The number of aryl methyl sites for hydroxylation is 2. The second-order valence-electron chi connectivity index (χ2n) is 17.1. The molecule has 2 aliphatic rings. The van der Waals surface area contributed by atoms with Crippen LogP contribution in [0.4, 0.5) is 0 Å². The molecule has 0 fully saturated rings. The Morgan fingerprint density at radius 2 is 0.984 bits per heavy atom. The van der Waals surface area contributed by atoms with Crippen LogP contribution in [0.2, 0.25) is 0 Å². The van der Waals surface area contributed by atoms with E-state index in [-0.39, 0.29) is 20.1 Å². The van der Waals surface area contributed by atoms with Crippen molar-refractivity contribution in [3.8, 4) is 78.5 Å². The molecule has 0 atom stereocenters. The van der Waals surface area contributed by atoms with Crippen LogP contribution in [0.15, 0.2) is 182 Å². The van der Waals surface area contributed by atoms with Crippen molar-refractivity contribution >= 4 is 0 Å². The summed E-state index contributed by atoms with van der Waals surface area (Å²) >= 11 is 0. The Balaban J connectivity index is 0.00000484. The normalized spacial score (nSPS) is 12.6. The second kappa shape index (κ2) is 17.5. The Labute approximate surface area is 390 Å². The minimum absolute atomic E-state index is 0. The Bertz CT molecular complexity index is 3010. The van der Waals surface area contributed by atoms with Crippen molar-refractivity contribution in [1.29, 1.82) is 0 Å². The zero-order valence-corrected chi connectivity index (χ0v) is 38.6. The van der Waals surface area contributed by atoms with Gasteiger partial charge in [0.15, 0.2) is 5.82 Å². The first kappa shape index (κ1) is 41.4. The quantitative estimate of drug-likeness (QED) is 0.121.